The Morgan fingerprint density at radius 2 is 1.83 bits per heavy atom. The summed E-state index contributed by atoms with van der Waals surface area (Å²) in [5.41, 5.74) is 3.42. The Labute approximate surface area is 144 Å². The molecule has 4 heteroatoms. The Balaban J connectivity index is 1.86. The van der Waals surface area contributed by atoms with Crippen molar-refractivity contribution in [3.05, 3.63) is 65.2 Å². The van der Waals surface area contributed by atoms with Gasteiger partial charge in [-0.15, -0.1) is 0 Å². The predicted molar refractivity (Wildman–Crippen MR) is 96.2 cm³/mol. The quantitative estimate of drug-likeness (QED) is 0.742. The van der Waals surface area contributed by atoms with E-state index < -0.39 is 6.10 Å². The van der Waals surface area contributed by atoms with Crippen LogP contribution in [0.4, 0.5) is 0 Å². The lowest BCUT2D eigenvalue weighted by Gasteiger charge is -2.24. The van der Waals surface area contributed by atoms with Crippen molar-refractivity contribution in [1.29, 1.82) is 0 Å². The highest BCUT2D eigenvalue weighted by Crippen LogP contribution is 2.19. The number of nitrogens with zero attached hydrogens (tertiary/aromatic N) is 1. The van der Waals surface area contributed by atoms with Crippen molar-refractivity contribution in [1.82, 2.24) is 4.90 Å². The molecule has 0 amide bonds. The number of ether oxygens (including phenoxy) is 1. The molecule has 1 atom stereocenters. The van der Waals surface area contributed by atoms with Crippen LogP contribution in [-0.4, -0.2) is 47.5 Å². The van der Waals surface area contributed by atoms with Gasteiger partial charge in [-0.2, -0.15) is 0 Å². The van der Waals surface area contributed by atoms with Gasteiger partial charge in [0.15, 0.2) is 0 Å². The highest BCUT2D eigenvalue weighted by Gasteiger charge is 2.13. The zero-order chi connectivity index (χ0) is 17.4. The third-order valence-corrected chi connectivity index (χ3v) is 3.90. The fourth-order valence-electron chi connectivity index (χ4n) is 2.72. The first kappa shape index (κ1) is 18.5. The second-order valence-electron chi connectivity index (χ2n) is 6.18. The minimum absolute atomic E-state index is 0.0669. The molecule has 4 nitrogen and oxygen atoms in total. The second kappa shape index (κ2) is 9.42. The summed E-state index contributed by atoms with van der Waals surface area (Å²) in [6, 6.07) is 16.1. The summed E-state index contributed by atoms with van der Waals surface area (Å²) in [5, 5.41) is 19.5. The Hall–Kier alpha value is -1.88. The van der Waals surface area contributed by atoms with Crippen molar-refractivity contribution in [2.24, 2.45) is 0 Å². The molecule has 24 heavy (non-hydrogen) atoms. The van der Waals surface area contributed by atoms with Gasteiger partial charge in [-0.3, -0.25) is 4.90 Å². The van der Waals surface area contributed by atoms with E-state index in [1.54, 1.807) is 0 Å². The van der Waals surface area contributed by atoms with Crippen molar-refractivity contribution < 1.29 is 14.9 Å². The van der Waals surface area contributed by atoms with Gasteiger partial charge >= 0.3 is 0 Å². The third-order valence-electron chi connectivity index (χ3n) is 3.90. The van der Waals surface area contributed by atoms with Crippen LogP contribution >= 0.6 is 0 Å². The Kier molecular flexibility index (Phi) is 7.25. The number of aliphatic hydroxyl groups is 2. The fourth-order valence-corrected chi connectivity index (χ4v) is 2.72. The normalized spacial score (nSPS) is 12.4. The molecule has 0 aliphatic rings. The Morgan fingerprint density at radius 3 is 2.50 bits per heavy atom. The van der Waals surface area contributed by atoms with Crippen molar-refractivity contribution in [2.45, 2.75) is 26.5 Å². The van der Waals surface area contributed by atoms with Crippen LogP contribution in [0, 0.1) is 13.8 Å². The standard InChI is InChI=1S/C20H27NO3/c1-16-8-9-20(17(2)12-16)24-15-19(23)14-21(10-11-22)13-18-6-4-3-5-7-18/h3-9,12,19,22-23H,10-11,13-15H2,1-2H3/t19-/m0/s1. The van der Waals surface area contributed by atoms with E-state index in [1.165, 1.54) is 5.56 Å². The van der Waals surface area contributed by atoms with E-state index in [2.05, 4.69) is 6.07 Å². The van der Waals surface area contributed by atoms with Gasteiger partial charge in [-0.05, 0) is 31.0 Å². The van der Waals surface area contributed by atoms with Gasteiger partial charge in [0.05, 0.1) is 6.61 Å². The summed E-state index contributed by atoms with van der Waals surface area (Å²) in [6.45, 7) is 6.03. The molecule has 2 aromatic carbocycles. The summed E-state index contributed by atoms with van der Waals surface area (Å²) in [7, 11) is 0. The maximum Gasteiger partial charge on any atom is 0.122 e. The molecular weight excluding hydrogens is 302 g/mol. The minimum atomic E-state index is -0.610. The first-order chi connectivity index (χ1) is 11.6. The number of benzene rings is 2. The summed E-state index contributed by atoms with van der Waals surface area (Å²) in [4.78, 5) is 2.03. The number of hydrogen-bond acceptors (Lipinski definition) is 4. The van der Waals surface area contributed by atoms with E-state index in [0.29, 0.717) is 19.6 Å². The van der Waals surface area contributed by atoms with E-state index in [1.807, 2.05) is 61.2 Å². The summed E-state index contributed by atoms with van der Waals surface area (Å²) < 4.78 is 5.74. The van der Waals surface area contributed by atoms with Crippen molar-refractivity contribution in [2.75, 3.05) is 26.3 Å². The largest absolute Gasteiger partial charge is 0.491 e. The molecule has 2 aromatic rings. The topological polar surface area (TPSA) is 52.9 Å². The predicted octanol–water partition coefficient (Wildman–Crippen LogP) is 2.54. The molecule has 0 spiro atoms. The van der Waals surface area contributed by atoms with Gasteiger partial charge < -0.3 is 14.9 Å². The smallest absolute Gasteiger partial charge is 0.122 e. The lowest BCUT2D eigenvalue weighted by molar-refractivity contribution is 0.0588. The lowest BCUT2D eigenvalue weighted by atomic mass is 10.1. The molecule has 0 bridgehead atoms. The van der Waals surface area contributed by atoms with Crippen LogP contribution in [-0.2, 0) is 6.54 Å². The zero-order valence-corrected chi connectivity index (χ0v) is 14.5. The van der Waals surface area contributed by atoms with Crippen molar-refractivity contribution >= 4 is 0 Å². The highest BCUT2D eigenvalue weighted by molar-refractivity contribution is 5.35. The van der Waals surface area contributed by atoms with Crippen LogP contribution in [0.3, 0.4) is 0 Å². The van der Waals surface area contributed by atoms with E-state index in [0.717, 1.165) is 16.9 Å². The minimum Gasteiger partial charge on any atom is -0.491 e. The molecule has 0 unspecified atom stereocenters. The Bertz CT molecular complexity index is 616. The van der Waals surface area contributed by atoms with E-state index in [4.69, 9.17) is 4.74 Å². The summed E-state index contributed by atoms with van der Waals surface area (Å²) in [6.07, 6.45) is -0.610. The number of aliphatic hydroxyl groups excluding tert-OH is 2. The van der Waals surface area contributed by atoms with Crippen LogP contribution in [0.5, 0.6) is 5.75 Å². The average Bonchev–Trinajstić information content (AvgIpc) is 2.55. The summed E-state index contributed by atoms with van der Waals surface area (Å²) >= 11 is 0. The Morgan fingerprint density at radius 1 is 1.08 bits per heavy atom. The third kappa shape index (κ3) is 5.96. The zero-order valence-electron chi connectivity index (χ0n) is 14.5. The molecule has 2 rings (SSSR count). The lowest BCUT2D eigenvalue weighted by Crippen LogP contribution is -2.37. The molecular formula is C20H27NO3. The van der Waals surface area contributed by atoms with Gasteiger partial charge in [-0.25, -0.2) is 0 Å². The van der Waals surface area contributed by atoms with Crippen LogP contribution in [0.15, 0.2) is 48.5 Å². The maximum absolute atomic E-state index is 10.3. The maximum atomic E-state index is 10.3. The van der Waals surface area contributed by atoms with Gasteiger partial charge in [-0.1, -0.05) is 48.0 Å². The van der Waals surface area contributed by atoms with Crippen LogP contribution in [0.2, 0.25) is 0 Å². The fraction of sp³-hybridized carbons (Fsp3) is 0.400. The molecule has 0 aliphatic carbocycles. The molecule has 130 valence electrons. The summed E-state index contributed by atoms with van der Waals surface area (Å²) in [5.74, 6) is 0.802. The highest BCUT2D eigenvalue weighted by atomic mass is 16.5. The molecule has 0 heterocycles. The van der Waals surface area contributed by atoms with Gasteiger partial charge in [0, 0.05) is 19.6 Å². The molecule has 0 saturated heterocycles. The van der Waals surface area contributed by atoms with E-state index >= 15 is 0 Å². The van der Waals surface area contributed by atoms with Crippen LogP contribution in [0.1, 0.15) is 16.7 Å². The van der Waals surface area contributed by atoms with Crippen LogP contribution < -0.4 is 4.74 Å². The SMILES string of the molecule is Cc1ccc(OC[C@@H](O)CN(CCO)Cc2ccccc2)c(C)c1. The van der Waals surface area contributed by atoms with Gasteiger partial charge in [0.25, 0.3) is 0 Å². The second-order valence-corrected chi connectivity index (χ2v) is 6.18. The van der Waals surface area contributed by atoms with E-state index in [9.17, 15) is 10.2 Å². The van der Waals surface area contributed by atoms with Gasteiger partial charge in [0.2, 0.25) is 0 Å². The molecule has 0 aliphatic heterocycles. The number of hydrogen-bond donors (Lipinski definition) is 2. The number of rotatable bonds is 9. The van der Waals surface area contributed by atoms with E-state index in [-0.39, 0.29) is 13.2 Å². The van der Waals surface area contributed by atoms with Gasteiger partial charge in [0.1, 0.15) is 18.5 Å². The molecule has 0 fully saturated rings. The monoisotopic (exact) mass is 329 g/mol. The number of aryl methyl sites for hydroxylation is 2. The first-order valence-electron chi connectivity index (χ1n) is 8.33. The molecule has 2 N–H and O–H groups in total. The van der Waals surface area contributed by atoms with Crippen LogP contribution in [0.25, 0.3) is 0 Å². The first-order valence-corrected chi connectivity index (χ1v) is 8.33. The average molecular weight is 329 g/mol. The van der Waals surface area contributed by atoms with Crippen molar-refractivity contribution in [3.8, 4) is 5.75 Å². The molecule has 0 aromatic heterocycles. The molecule has 0 saturated carbocycles. The van der Waals surface area contributed by atoms with Crippen molar-refractivity contribution in [3.63, 3.8) is 0 Å². The molecule has 0 radical (unpaired) electrons.